The van der Waals surface area contributed by atoms with Gasteiger partial charge in [-0.3, -0.25) is 4.79 Å². The zero-order valence-electron chi connectivity index (χ0n) is 16.1. The topological polar surface area (TPSA) is 41.9 Å². The van der Waals surface area contributed by atoms with Crippen molar-refractivity contribution in [1.82, 2.24) is 4.90 Å². The zero-order chi connectivity index (χ0) is 20.1. The molecule has 0 spiro atoms. The van der Waals surface area contributed by atoms with Gasteiger partial charge in [0.1, 0.15) is 5.82 Å². The molecule has 0 N–H and O–H groups in total. The second-order valence-corrected chi connectivity index (χ2v) is 7.86. The molecule has 2 aromatic rings. The van der Waals surface area contributed by atoms with Crippen LogP contribution in [0, 0.1) is 11.7 Å². The van der Waals surface area contributed by atoms with Gasteiger partial charge in [0, 0.05) is 30.0 Å². The van der Waals surface area contributed by atoms with Crippen LogP contribution in [0.3, 0.4) is 0 Å². The van der Waals surface area contributed by atoms with Crippen molar-refractivity contribution in [2.24, 2.45) is 11.1 Å². The predicted molar refractivity (Wildman–Crippen MR) is 109 cm³/mol. The van der Waals surface area contributed by atoms with Crippen LogP contribution in [0.1, 0.15) is 37.8 Å². The molecule has 6 heteroatoms. The zero-order valence-corrected chi connectivity index (χ0v) is 16.8. The number of nitrogens with zero attached hydrogens (tertiary/aromatic N) is 2. The Bertz CT molecular complexity index is 852. The van der Waals surface area contributed by atoms with Crippen molar-refractivity contribution in [2.75, 3.05) is 6.54 Å². The fraction of sp³-hybridized carbons (Fsp3) is 0.364. The van der Waals surface area contributed by atoms with E-state index in [-0.39, 0.29) is 23.7 Å². The Kier molecular flexibility index (Phi) is 6.68. The van der Waals surface area contributed by atoms with Crippen molar-refractivity contribution >= 4 is 23.2 Å². The first-order chi connectivity index (χ1) is 13.4. The van der Waals surface area contributed by atoms with Crippen LogP contribution in [0.25, 0.3) is 0 Å². The van der Waals surface area contributed by atoms with Crippen LogP contribution in [-0.2, 0) is 16.2 Å². The average molecular weight is 403 g/mol. The third-order valence-electron chi connectivity index (χ3n) is 4.56. The molecule has 0 bridgehead atoms. The molecule has 0 radical (unpaired) electrons. The van der Waals surface area contributed by atoms with Gasteiger partial charge in [-0.2, -0.15) is 0 Å². The van der Waals surface area contributed by atoms with E-state index in [1.165, 1.54) is 12.1 Å². The molecule has 1 amide bonds. The molecular weight excluding hydrogens is 379 g/mol. The maximum Gasteiger partial charge on any atom is 0.223 e. The normalized spacial score (nSPS) is 16.0. The Morgan fingerprint density at radius 1 is 1.25 bits per heavy atom. The van der Waals surface area contributed by atoms with Gasteiger partial charge in [0.15, 0.2) is 6.10 Å². The minimum Gasteiger partial charge on any atom is -0.390 e. The minimum absolute atomic E-state index is 0.0501. The lowest BCUT2D eigenvalue weighted by Crippen LogP contribution is -2.37. The van der Waals surface area contributed by atoms with Gasteiger partial charge in [-0.15, -0.1) is 0 Å². The maximum atomic E-state index is 13.2. The fourth-order valence-corrected chi connectivity index (χ4v) is 3.41. The van der Waals surface area contributed by atoms with E-state index < -0.39 is 0 Å². The Morgan fingerprint density at radius 3 is 2.64 bits per heavy atom. The second-order valence-electron chi connectivity index (χ2n) is 7.45. The Hall–Kier alpha value is -2.40. The van der Waals surface area contributed by atoms with Gasteiger partial charge >= 0.3 is 0 Å². The number of amides is 1. The highest BCUT2D eigenvalue weighted by Crippen LogP contribution is 2.24. The van der Waals surface area contributed by atoms with Crippen molar-refractivity contribution in [3.63, 3.8) is 0 Å². The maximum absolute atomic E-state index is 13.2. The number of carbonyl (C=O) groups is 1. The molecule has 4 nitrogen and oxygen atoms in total. The van der Waals surface area contributed by atoms with Crippen molar-refractivity contribution in [3.8, 4) is 0 Å². The number of rotatable bonds is 7. The number of benzene rings is 2. The van der Waals surface area contributed by atoms with Crippen LogP contribution in [0.15, 0.2) is 53.7 Å². The lowest BCUT2D eigenvalue weighted by atomic mass is 10.0. The summed E-state index contributed by atoms with van der Waals surface area (Å²) in [5.74, 6) is 0.0116. The summed E-state index contributed by atoms with van der Waals surface area (Å²) in [6.45, 7) is 4.85. The second kappa shape index (κ2) is 9.20. The summed E-state index contributed by atoms with van der Waals surface area (Å²) in [5, 5.41) is 4.81. The number of oxime groups is 1. The van der Waals surface area contributed by atoms with E-state index in [2.05, 4.69) is 5.16 Å². The van der Waals surface area contributed by atoms with Crippen LogP contribution >= 0.6 is 11.6 Å². The molecule has 3 rings (SSSR count). The molecule has 28 heavy (non-hydrogen) atoms. The monoisotopic (exact) mass is 402 g/mol. The molecular formula is C22H24ClFN2O2. The van der Waals surface area contributed by atoms with Crippen LogP contribution in [-0.4, -0.2) is 29.2 Å². The highest BCUT2D eigenvalue weighted by Gasteiger charge is 2.27. The van der Waals surface area contributed by atoms with Gasteiger partial charge in [0.2, 0.25) is 5.91 Å². The van der Waals surface area contributed by atoms with Gasteiger partial charge < -0.3 is 9.74 Å². The molecule has 1 atom stereocenters. The van der Waals surface area contributed by atoms with Crippen molar-refractivity contribution in [1.29, 1.82) is 0 Å². The molecule has 0 aromatic heterocycles. The number of halogens is 2. The molecule has 0 unspecified atom stereocenters. The molecule has 148 valence electrons. The summed E-state index contributed by atoms with van der Waals surface area (Å²) in [5.41, 5.74) is 2.52. The van der Waals surface area contributed by atoms with Crippen molar-refractivity contribution in [3.05, 3.63) is 70.5 Å². The summed E-state index contributed by atoms with van der Waals surface area (Å²) < 4.78 is 13.2. The van der Waals surface area contributed by atoms with E-state index in [4.69, 9.17) is 16.4 Å². The first kappa shape index (κ1) is 20.3. The molecule has 0 saturated heterocycles. The third kappa shape index (κ3) is 5.32. The first-order valence-electron chi connectivity index (χ1n) is 9.42. The molecule has 1 aliphatic heterocycles. The van der Waals surface area contributed by atoms with Gasteiger partial charge in [0.05, 0.1) is 12.3 Å². The molecule has 1 heterocycles. The largest absolute Gasteiger partial charge is 0.390 e. The summed E-state index contributed by atoms with van der Waals surface area (Å²) in [6.07, 6.45) is 0.799. The smallest absolute Gasteiger partial charge is 0.223 e. The van der Waals surface area contributed by atoms with Crippen LogP contribution in [0.2, 0.25) is 5.02 Å². The van der Waals surface area contributed by atoms with Gasteiger partial charge in [-0.25, -0.2) is 4.39 Å². The van der Waals surface area contributed by atoms with Crippen molar-refractivity contribution in [2.45, 2.75) is 39.3 Å². The van der Waals surface area contributed by atoms with Gasteiger partial charge in [-0.05, 0) is 29.7 Å². The molecule has 0 aliphatic carbocycles. The standard InChI is InChI=1S/C22H24ClFN2O2/c1-15(2)11-22(27)26(13-16-7-9-17(24)10-8-16)14-18-12-21(25-28-18)19-5-3-4-6-20(19)23/h3-10,15,18H,11-14H2,1-2H3/t18-/m0/s1. The van der Waals surface area contributed by atoms with E-state index in [0.29, 0.717) is 31.0 Å². The minimum atomic E-state index is -0.291. The van der Waals surface area contributed by atoms with E-state index in [9.17, 15) is 9.18 Å². The average Bonchev–Trinajstić information content (AvgIpc) is 3.11. The Balaban J connectivity index is 1.68. The molecule has 2 aromatic carbocycles. The summed E-state index contributed by atoms with van der Waals surface area (Å²) >= 11 is 6.25. The highest BCUT2D eigenvalue weighted by atomic mass is 35.5. The fourth-order valence-electron chi connectivity index (χ4n) is 3.17. The number of hydrogen-bond acceptors (Lipinski definition) is 3. The van der Waals surface area contributed by atoms with Crippen molar-refractivity contribution < 1.29 is 14.0 Å². The van der Waals surface area contributed by atoms with E-state index in [0.717, 1.165) is 16.8 Å². The predicted octanol–water partition coefficient (Wildman–Crippen LogP) is 5.05. The number of hydrogen-bond donors (Lipinski definition) is 0. The molecule has 0 saturated carbocycles. The van der Waals surface area contributed by atoms with Gasteiger partial charge in [0.25, 0.3) is 0 Å². The lowest BCUT2D eigenvalue weighted by Gasteiger charge is -2.26. The lowest BCUT2D eigenvalue weighted by molar-refractivity contribution is -0.134. The first-order valence-corrected chi connectivity index (χ1v) is 9.80. The molecule has 1 aliphatic rings. The Morgan fingerprint density at radius 2 is 1.96 bits per heavy atom. The SMILES string of the molecule is CC(C)CC(=O)N(Cc1ccc(F)cc1)C[C@@H]1CC(c2ccccc2Cl)=NO1. The van der Waals surface area contributed by atoms with Crippen LogP contribution in [0.4, 0.5) is 4.39 Å². The summed E-state index contributed by atoms with van der Waals surface area (Å²) in [7, 11) is 0. The number of carbonyl (C=O) groups excluding carboxylic acids is 1. The quantitative estimate of drug-likeness (QED) is 0.650. The summed E-state index contributed by atoms with van der Waals surface area (Å²) in [4.78, 5) is 20.1. The van der Waals surface area contributed by atoms with E-state index in [1.807, 2.05) is 38.1 Å². The van der Waals surface area contributed by atoms with Gasteiger partial charge in [-0.1, -0.05) is 60.9 Å². The third-order valence-corrected chi connectivity index (χ3v) is 4.89. The Labute approximate surface area is 169 Å². The summed E-state index contributed by atoms with van der Waals surface area (Å²) in [6, 6.07) is 13.7. The molecule has 0 fully saturated rings. The van der Waals surface area contributed by atoms with E-state index >= 15 is 0 Å². The van der Waals surface area contributed by atoms with E-state index in [1.54, 1.807) is 17.0 Å². The van der Waals surface area contributed by atoms with Crippen LogP contribution in [0.5, 0.6) is 0 Å². The van der Waals surface area contributed by atoms with Crippen LogP contribution < -0.4 is 0 Å². The highest BCUT2D eigenvalue weighted by molar-refractivity contribution is 6.34.